The number of morpholine rings is 1. The van der Waals surface area contributed by atoms with Gasteiger partial charge in [-0.05, 0) is 11.6 Å². The van der Waals surface area contributed by atoms with Crippen LogP contribution in [0.4, 0.5) is 0 Å². The SMILES string of the molecule is COc1ccccc1C1CNCC(c2ccccc2)O1. The summed E-state index contributed by atoms with van der Waals surface area (Å²) < 4.78 is 11.7. The summed E-state index contributed by atoms with van der Waals surface area (Å²) >= 11 is 0. The molecule has 1 aliphatic heterocycles. The van der Waals surface area contributed by atoms with Gasteiger partial charge < -0.3 is 14.8 Å². The van der Waals surface area contributed by atoms with E-state index in [9.17, 15) is 0 Å². The lowest BCUT2D eigenvalue weighted by Crippen LogP contribution is -2.36. The van der Waals surface area contributed by atoms with Gasteiger partial charge in [0, 0.05) is 18.7 Å². The highest BCUT2D eigenvalue weighted by Crippen LogP contribution is 2.33. The van der Waals surface area contributed by atoms with Gasteiger partial charge in [-0.1, -0.05) is 48.5 Å². The molecule has 1 fully saturated rings. The van der Waals surface area contributed by atoms with Crippen LogP contribution in [0.25, 0.3) is 0 Å². The molecule has 3 nitrogen and oxygen atoms in total. The Morgan fingerprint density at radius 3 is 2.45 bits per heavy atom. The monoisotopic (exact) mass is 269 g/mol. The van der Waals surface area contributed by atoms with Crippen molar-refractivity contribution in [3.8, 4) is 5.75 Å². The van der Waals surface area contributed by atoms with Crippen LogP contribution in [0.2, 0.25) is 0 Å². The normalized spacial score (nSPS) is 22.4. The van der Waals surface area contributed by atoms with Gasteiger partial charge >= 0.3 is 0 Å². The minimum Gasteiger partial charge on any atom is -0.496 e. The van der Waals surface area contributed by atoms with Crippen molar-refractivity contribution in [1.29, 1.82) is 0 Å². The molecule has 3 rings (SSSR count). The van der Waals surface area contributed by atoms with E-state index in [1.54, 1.807) is 7.11 Å². The fourth-order valence-corrected chi connectivity index (χ4v) is 2.62. The number of rotatable bonds is 3. The van der Waals surface area contributed by atoms with Crippen molar-refractivity contribution in [2.24, 2.45) is 0 Å². The zero-order valence-corrected chi connectivity index (χ0v) is 11.6. The minimum absolute atomic E-state index is 0.0186. The Kier molecular flexibility index (Phi) is 4.00. The van der Waals surface area contributed by atoms with Crippen LogP contribution >= 0.6 is 0 Å². The molecule has 0 spiro atoms. The molecular weight excluding hydrogens is 250 g/mol. The fraction of sp³-hybridized carbons (Fsp3) is 0.294. The summed E-state index contributed by atoms with van der Waals surface area (Å²) in [6.45, 7) is 1.65. The molecule has 0 saturated carbocycles. The Morgan fingerprint density at radius 2 is 1.65 bits per heavy atom. The highest BCUT2D eigenvalue weighted by atomic mass is 16.5. The van der Waals surface area contributed by atoms with Crippen molar-refractivity contribution in [2.45, 2.75) is 12.2 Å². The first-order chi connectivity index (χ1) is 9.88. The molecule has 0 radical (unpaired) electrons. The highest BCUT2D eigenvalue weighted by molar-refractivity contribution is 5.35. The molecule has 0 bridgehead atoms. The van der Waals surface area contributed by atoms with Crippen LogP contribution in [-0.4, -0.2) is 20.2 Å². The smallest absolute Gasteiger partial charge is 0.124 e. The summed E-state index contributed by atoms with van der Waals surface area (Å²) in [7, 11) is 1.70. The third kappa shape index (κ3) is 2.69. The molecule has 1 N–H and O–H groups in total. The van der Waals surface area contributed by atoms with Gasteiger partial charge in [0.1, 0.15) is 5.75 Å². The standard InChI is InChI=1S/C17H19NO2/c1-19-15-10-6-5-9-14(15)17-12-18-11-16(20-17)13-7-3-2-4-8-13/h2-10,16-18H,11-12H2,1H3. The number of ether oxygens (including phenoxy) is 2. The Balaban J connectivity index is 1.82. The van der Waals surface area contributed by atoms with E-state index in [2.05, 4.69) is 23.5 Å². The average Bonchev–Trinajstić information content (AvgIpc) is 2.56. The molecular formula is C17H19NO2. The molecule has 0 amide bonds. The summed E-state index contributed by atoms with van der Waals surface area (Å²) in [6, 6.07) is 18.4. The maximum atomic E-state index is 6.26. The van der Waals surface area contributed by atoms with Gasteiger partial charge in [-0.2, -0.15) is 0 Å². The third-order valence-corrected chi connectivity index (χ3v) is 3.65. The van der Waals surface area contributed by atoms with Gasteiger partial charge in [0.2, 0.25) is 0 Å². The Labute approximate surface area is 119 Å². The number of nitrogens with one attached hydrogen (secondary N) is 1. The van der Waals surface area contributed by atoms with Gasteiger partial charge in [0.05, 0.1) is 19.3 Å². The lowest BCUT2D eigenvalue weighted by Gasteiger charge is -2.32. The van der Waals surface area contributed by atoms with E-state index >= 15 is 0 Å². The minimum atomic E-state index is 0.0186. The number of para-hydroxylation sites is 1. The van der Waals surface area contributed by atoms with Gasteiger partial charge in [0.15, 0.2) is 0 Å². The maximum absolute atomic E-state index is 6.26. The van der Waals surface area contributed by atoms with Gasteiger partial charge in [0.25, 0.3) is 0 Å². The molecule has 3 heteroatoms. The van der Waals surface area contributed by atoms with Crippen LogP contribution in [0.5, 0.6) is 5.75 Å². The van der Waals surface area contributed by atoms with Crippen molar-refractivity contribution >= 4 is 0 Å². The Morgan fingerprint density at radius 1 is 0.950 bits per heavy atom. The first kappa shape index (κ1) is 13.2. The fourth-order valence-electron chi connectivity index (χ4n) is 2.62. The van der Waals surface area contributed by atoms with Crippen LogP contribution < -0.4 is 10.1 Å². The number of methoxy groups -OCH3 is 1. The number of hydrogen-bond acceptors (Lipinski definition) is 3. The van der Waals surface area contributed by atoms with E-state index in [0.717, 1.165) is 24.4 Å². The molecule has 2 aromatic carbocycles. The van der Waals surface area contributed by atoms with Gasteiger partial charge in [-0.3, -0.25) is 0 Å². The topological polar surface area (TPSA) is 30.5 Å². The predicted octanol–water partition coefficient (Wildman–Crippen LogP) is 3.10. The Hall–Kier alpha value is -1.84. The predicted molar refractivity (Wildman–Crippen MR) is 78.9 cm³/mol. The highest BCUT2D eigenvalue weighted by Gasteiger charge is 2.26. The van der Waals surface area contributed by atoms with Crippen molar-refractivity contribution in [3.63, 3.8) is 0 Å². The molecule has 2 aromatic rings. The molecule has 0 aliphatic carbocycles. The summed E-state index contributed by atoms with van der Waals surface area (Å²) in [5.41, 5.74) is 2.31. The number of benzene rings is 2. The second kappa shape index (κ2) is 6.07. The first-order valence-corrected chi connectivity index (χ1v) is 6.92. The van der Waals surface area contributed by atoms with Crippen LogP contribution in [0.1, 0.15) is 23.3 Å². The lowest BCUT2D eigenvalue weighted by atomic mass is 10.0. The second-order valence-corrected chi connectivity index (χ2v) is 4.92. The Bertz CT molecular complexity index is 556. The first-order valence-electron chi connectivity index (χ1n) is 6.92. The molecule has 0 aromatic heterocycles. The van der Waals surface area contributed by atoms with Gasteiger partial charge in [-0.15, -0.1) is 0 Å². The molecule has 1 heterocycles. The molecule has 1 saturated heterocycles. The molecule has 2 atom stereocenters. The second-order valence-electron chi connectivity index (χ2n) is 4.92. The summed E-state index contributed by atoms with van der Waals surface area (Å²) in [5.74, 6) is 0.882. The molecule has 1 aliphatic rings. The van der Waals surface area contributed by atoms with E-state index in [4.69, 9.17) is 9.47 Å². The lowest BCUT2D eigenvalue weighted by molar-refractivity contribution is -0.0415. The van der Waals surface area contributed by atoms with E-state index < -0.39 is 0 Å². The van der Waals surface area contributed by atoms with Crippen molar-refractivity contribution in [2.75, 3.05) is 20.2 Å². The van der Waals surface area contributed by atoms with E-state index in [1.165, 1.54) is 5.56 Å². The zero-order valence-electron chi connectivity index (χ0n) is 11.6. The summed E-state index contributed by atoms with van der Waals surface area (Å²) in [4.78, 5) is 0. The quantitative estimate of drug-likeness (QED) is 0.928. The maximum Gasteiger partial charge on any atom is 0.124 e. The van der Waals surface area contributed by atoms with Crippen LogP contribution in [0, 0.1) is 0 Å². The van der Waals surface area contributed by atoms with Gasteiger partial charge in [-0.25, -0.2) is 0 Å². The van der Waals surface area contributed by atoms with Crippen molar-refractivity contribution < 1.29 is 9.47 Å². The van der Waals surface area contributed by atoms with Crippen LogP contribution in [0.3, 0.4) is 0 Å². The largest absolute Gasteiger partial charge is 0.496 e. The summed E-state index contributed by atoms with van der Waals surface area (Å²) in [5, 5.41) is 3.45. The van der Waals surface area contributed by atoms with E-state index in [-0.39, 0.29) is 12.2 Å². The van der Waals surface area contributed by atoms with Crippen LogP contribution in [0.15, 0.2) is 54.6 Å². The number of hydrogen-bond donors (Lipinski definition) is 1. The van der Waals surface area contributed by atoms with Crippen molar-refractivity contribution in [3.05, 3.63) is 65.7 Å². The summed E-state index contributed by atoms with van der Waals surface area (Å²) in [6.07, 6.45) is 0.102. The van der Waals surface area contributed by atoms with Crippen molar-refractivity contribution in [1.82, 2.24) is 5.32 Å². The zero-order chi connectivity index (χ0) is 13.8. The molecule has 20 heavy (non-hydrogen) atoms. The molecule has 104 valence electrons. The average molecular weight is 269 g/mol. The van der Waals surface area contributed by atoms with E-state index in [0.29, 0.717) is 0 Å². The van der Waals surface area contributed by atoms with E-state index in [1.807, 2.05) is 36.4 Å². The molecule has 2 unspecified atom stereocenters. The van der Waals surface area contributed by atoms with Crippen LogP contribution in [-0.2, 0) is 4.74 Å². The third-order valence-electron chi connectivity index (χ3n) is 3.65.